The van der Waals surface area contributed by atoms with E-state index in [-0.39, 0.29) is 24.0 Å². The van der Waals surface area contributed by atoms with E-state index in [0.717, 1.165) is 55.6 Å². The average Bonchev–Trinajstić information content (AvgIpc) is 2.76. The van der Waals surface area contributed by atoms with Crippen molar-refractivity contribution in [2.24, 2.45) is 4.99 Å². The number of nitrogens with zero attached hydrogens (tertiary/aromatic N) is 2. The highest BCUT2D eigenvalue weighted by Crippen LogP contribution is 2.16. The molecule has 1 aliphatic heterocycles. The molecule has 1 saturated heterocycles. The van der Waals surface area contributed by atoms with Crippen molar-refractivity contribution in [3.05, 3.63) is 70.7 Å². The van der Waals surface area contributed by atoms with E-state index < -0.39 is 6.10 Å². The van der Waals surface area contributed by atoms with Crippen LogP contribution in [0.25, 0.3) is 0 Å². The first-order valence-corrected chi connectivity index (χ1v) is 11.2. The maximum atomic E-state index is 10.3. The summed E-state index contributed by atoms with van der Waals surface area (Å²) in [6.07, 6.45) is 2.28. The maximum Gasteiger partial charge on any atom is 0.191 e. The molecule has 3 rings (SSSR count). The molecule has 2 aromatic rings. The summed E-state index contributed by atoms with van der Waals surface area (Å²) < 4.78 is 0. The highest BCUT2D eigenvalue weighted by atomic mass is 127. The molecule has 7 heteroatoms. The number of hydrogen-bond acceptors (Lipinski definition) is 3. The van der Waals surface area contributed by atoms with Gasteiger partial charge in [-0.25, -0.2) is 0 Å². The van der Waals surface area contributed by atoms with Gasteiger partial charge in [0.1, 0.15) is 0 Å². The molecule has 1 fully saturated rings. The second-order valence-electron chi connectivity index (χ2n) is 7.88. The minimum atomic E-state index is -0.482. The van der Waals surface area contributed by atoms with Crippen LogP contribution in [0, 0.1) is 0 Å². The lowest BCUT2D eigenvalue weighted by Crippen LogP contribution is -2.48. The second-order valence-corrected chi connectivity index (χ2v) is 8.32. The van der Waals surface area contributed by atoms with Crippen LogP contribution in [0.4, 0.5) is 0 Å². The first kappa shape index (κ1) is 25.9. The fourth-order valence-electron chi connectivity index (χ4n) is 3.74. The van der Waals surface area contributed by atoms with E-state index in [4.69, 9.17) is 11.6 Å². The fraction of sp³-hybridized carbons (Fsp3) is 0.458. The number of halogens is 2. The molecule has 0 amide bonds. The second kappa shape index (κ2) is 13.9. The minimum absolute atomic E-state index is 0. The Hall–Kier alpha value is -1.35. The maximum absolute atomic E-state index is 10.3. The highest BCUT2D eigenvalue weighted by molar-refractivity contribution is 14.0. The van der Waals surface area contributed by atoms with Crippen molar-refractivity contribution in [1.29, 1.82) is 0 Å². The number of nitrogens with one attached hydrogen (secondary N) is 2. The Balaban J connectivity index is 0.00000341. The SMILES string of the molecule is CCNC(=NCC(O)Cc1ccccc1)NC1CCN(Cc2ccc(Cl)cc2)CC1.I. The Kier molecular flexibility index (Phi) is 11.6. The number of hydrogen-bond donors (Lipinski definition) is 3. The zero-order chi connectivity index (χ0) is 21.2. The van der Waals surface area contributed by atoms with Gasteiger partial charge in [-0.05, 0) is 43.0 Å². The topological polar surface area (TPSA) is 59.9 Å². The van der Waals surface area contributed by atoms with Gasteiger partial charge >= 0.3 is 0 Å². The van der Waals surface area contributed by atoms with E-state index in [0.29, 0.717) is 19.0 Å². The van der Waals surface area contributed by atoms with E-state index in [9.17, 15) is 5.11 Å². The van der Waals surface area contributed by atoms with Gasteiger partial charge in [0.05, 0.1) is 12.6 Å². The number of aliphatic hydroxyl groups excluding tert-OH is 1. The number of likely N-dealkylation sites (tertiary alicyclic amines) is 1. The van der Waals surface area contributed by atoms with Crippen LogP contribution in [0.5, 0.6) is 0 Å². The predicted molar refractivity (Wildman–Crippen MR) is 140 cm³/mol. The Morgan fingerprint density at radius 2 is 1.77 bits per heavy atom. The number of guanidine groups is 1. The van der Waals surface area contributed by atoms with E-state index in [1.165, 1.54) is 5.56 Å². The standard InChI is InChI=1S/C24H33ClN4O.HI/c1-2-26-24(27-17-23(30)16-19-6-4-3-5-7-19)28-22-12-14-29(15-13-22)18-20-8-10-21(25)11-9-20;/h3-11,22-23,30H,2,12-18H2,1H3,(H2,26,27,28);1H. The summed E-state index contributed by atoms with van der Waals surface area (Å²) >= 11 is 5.98. The molecule has 1 aliphatic rings. The summed E-state index contributed by atoms with van der Waals surface area (Å²) in [6.45, 7) is 6.32. The predicted octanol–water partition coefficient (Wildman–Crippen LogP) is 4.08. The van der Waals surface area contributed by atoms with Gasteiger partial charge in [-0.1, -0.05) is 54.1 Å². The molecule has 0 spiro atoms. The summed E-state index contributed by atoms with van der Waals surface area (Å²) in [4.78, 5) is 7.10. The monoisotopic (exact) mass is 556 g/mol. The molecule has 1 unspecified atom stereocenters. The number of piperidine rings is 1. The van der Waals surface area contributed by atoms with Gasteiger partial charge in [0.25, 0.3) is 0 Å². The molecule has 170 valence electrons. The van der Waals surface area contributed by atoms with E-state index >= 15 is 0 Å². The van der Waals surface area contributed by atoms with Crippen LogP contribution < -0.4 is 10.6 Å². The van der Waals surface area contributed by atoms with Gasteiger partial charge in [-0.15, -0.1) is 24.0 Å². The largest absolute Gasteiger partial charge is 0.391 e. The molecule has 2 aromatic carbocycles. The van der Waals surface area contributed by atoms with Crippen LogP contribution in [0.2, 0.25) is 5.02 Å². The van der Waals surface area contributed by atoms with Crippen LogP contribution in [0.3, 0.4) is 0 Å². The van der Waals surface area contributed by atoms with Crippen molar-refractivity contribution in [3.63, 3.8) is 0 Å². The van der Waals surface area contributed by atoms with Crippen molar-refractivity contribution < 1.29 is 5.11 Å². The molecule has 0 bridgehead atoms. The molecule has 5 nitrogen and oxygen atoms in total. The van der Waals surface area contributed by atoms with Crippen LogP contribution in [-0.4, -0.2) is 54.3 Å². The molecule has 1 heterocycles. The number of rotatable bonds is 8. The third kappa shape index (κ3) is 9.35. The molecule has 0 aromatic heterocycles. The van der Waals surface area contributed by atoms with Crippen LogP contribution in [-0.2, 0) is 13.0 Å². The van der Waals surface area contributed by atoms with Crippen molar-refractivity contribution in [3.8, 4) is 0 Å². The van der Waals surface area contributed by atoms with Crippen LogP contribution >= 0.6 is 35.6 Å². The zero-order valence-corrected chi connectivity index (χ0v) is 21.2. The molecule has 0 radical (unpaired) electrons. The van der Waals surface area contributed by atoms with Crippen molar-refractivity contribution in [2.45, 2.75) is 44.9 Å². The van der Waals surface area contributed by atoms with Crippen LogP contribution in [0.1, 0.15) is 30.9 Å². The van der Waals surface area contributed by atoms with Crippen molar-refractivity contribution in [1.82, 2.24) is 15.5 Å². The number of aliphatic hydroxyl groups is 1. The molecule has 0 aliphatic carbocycles. The van der Waals surface area contributed by atoms with Gasteiger partial charge in [0, 0.05) is 43.7 Å². The third-order valence-corrected chi connectivity index (χ3v) is 5.62. The Labute approximate surface area is 208 Å². The third-order valence-electron chi connectivity index (χ3n) is 5.37. The van der Waals surface area contributed by atoms with Crippen LogP contribution in [0.15, 0.2) is 59.6 Å². The summed E-state index contributed by atoms with van der Waals surface area (Å²) in [5, 5.41) is 18.0. The Morgan fingerprint density at radius 1 is 1.10 bits per heavy atom. The Morgan fingerprint density at radius 3 is 2.42 bits per heavy atom. The minimum Gasteiger partial charge on any atom is -0.391 e. The smallest absolute Gasteiger partial charge is 0.191 e. The van der Waals surface area contributed by atoms with E-state index in [1.807, 2.05) is 42.5 Å². The van der Waals surface area contributed by atoms with Gasteiger partial charge in [-0.3, -0.25) is 9.89 Å². The van der Waals surface area contributed by atoms with Crippen molar-refractivity contribution >= 4 is 41.5 Å². The first-order chi connectivity index (χ1) is 14.6. The summed E-state index contributed by atoms with van der Waals surface area (Å²) in [6, 6.07) is 18.6. The van der Waals surface area contributed by atoms with Crippen molar-refractivity contribution in [2.75, 3.05) is 26.2 Å². The number of aliphatic imine (C=N–C) groups is 1. The van der Waals surface area contributed by atoms with Gasteiger partial charge in [0.15, 0.2) is 5.96 Å². The quantitative estimate of drug-likeness (QED) is 0.261. The average molecular weight is 557 g/mol. The summed E-state index contributed by atoms with van der Waals surface area (Å²) in [5.74, 6) is 0.792. The molecular weight excluding hydrogens is 523 g/mol. The lowest BCUT2D eigenvalue weighted by molar-refractivity contribution is 0.183. The molecule has 1 atom stereocenters. The zero-order valence-electron chi connectivity index (χ0n) is 18.1. The molecule has 31 heavy (non-hydrogen) atoms. The molecule has 3 N–H and O–H groups in total. The summed E-state index contributed by atoms with van der Waals surface area (Å²) in [7, 11) is 0. The van der Waals surface area contributed by atoms with E-state index in [1.54, 1.807) is 0 Å². The van der Waals surface area contributed by atoms with Gasteiger partial charge < -0.3 is 15.7 Å². The normalized spacial score (nSPS) is 16.4. The fourth-order valence-corrected chi connectivity index (χ4v) is 3.87. The lowest BCUT2D eigenvalue weighted by atomic mass is 10.0. The number of benzene rings is 2. The first-order valence-electron chi connectivity index (χ1n) is 10.9. The molecule has 0 saturated carbocycles. The summed E-state index contributed by atoms with van der Waals surface area (Å²) in [5.41, 5.74) is 2.43. The lowest BCUT2D eigenvalue weighted by Gasteiger charge is -2.33. The van der Waals surface area contributed by atoms with E-state index in [2.05, 4.69) is 39.6 Å². The molecular formula is C24H34ClIN4O. The van der Waals surface area contributed by atoms with Gasteiger partial charge in [0.2, 0.25) is 0 Å². The Bertz CT molecular complexity index is 780. The highest BCUT2D eigenvalue weighted by Gasteiger charge is 2.20. The van der Waals surface area contributed by atoms with Gasteiger partial charge in [-0.2, -0.15) is 0 Å².